The molecule has 4 heteroatoms. The van der Waals surface area contributed by atoms with Gasteiger partial charge in [-0.2, -0.15) is 0 Å². The molecule has 0 bridgehead atoms. The van der Waals surface area contributed by atoms with Crippen molar-refractivity contribution in [2.75, 3.05) is 7.05 Å². The summed E-state index contributed by atoms with van der Waals surface area (Å²) in [5.74, 6) is 1.59. The average Bonchev–Trinajstić information content (AvgIpc) is 2.46. The number of nitro benzene ring substituents is 1. The summed E-state index contributed by atoms with van der Waals surface area (Å²) in [6.45, 7) is 2.33. The first kappa shape index (κ1) is 15.0. The molecule has 0 spiro atoms. The monoisotopic (exact) mass is 276 g/mol. The third kappa shape index (κ3) is 3.79. The summed E-state index contributed by atoms with van der Waals surface area (Å²) in [6, 6.07) is 7.45. The topological polar surface area (TPSA) is 55.2 Å². The van der Waals surface area contributed by atoms with Crippen LogP contribution in [-0.2, 0) is 6.42 Å². The first-order chi connectivity index (χ1) is 9.60. The Balaban J connectivity index is 1.97. The van der Waals surface area contributed by atoms with Gasteiger partial charge >= 0.3 is 0 Å². The Kier molecular flexibility index (Phi) is 5.12. The van der Waals surface area contributed by atoms with E-state index >= 15 is 0 Å². The molecule has 1 saturated carbocycles. The summed E-state index contributed by atoms with van der Waals surface area (Å²) >= 11 is 0. The molecular weight excluding hydrogens is 252 g/mol. The molecule has 1 aliphatic carbocycles. The lowest BCUT2D eigenvalue weighted by molar-refractivity contribution is -0.384. The number of non-ortho nitro benzene ring substituents is 1. The van der Waals surface area contributed by atoms with Gasteiger partial charge in [0.15, 0.2) is 0 Å². The minimum absolute atomic E-state index is 0.168. The second-order valence-corrected chi connectivity index (χ2v) is 6.04. The van der Waals surface area contributed by atoms with E-state index < -0.39 is 0 Å². The van der Waals surface area contributed by atoms with Gasteiger partial charge in [0.05, 0.1) is 4.92 Å². The summed E-state index contributed by atoms with van der Waals surface area (Å²) in [6.07, 6.45) is 6.18. The zero-order valence-electron chi connectivity index (χ0n) is 12.3. The van der Waals surface area contributed by atoms with Crippen molar-refractivity contribution >= 4 is 5.69 Å². The summed E-state index contributed by atoms with van der Waals surface area (Å²) < 4.78 is 0. The van der Waals surface area contributed by atoms with E-state index in [-0.39, 0.29) is 10.6 Å². The summed E-state index contributed by atoms with van der Waals surface area (Å²) in [7, 11) is 2.02. The van der Waals surface area contributed by atoms with Crippen LogP contribution in [0.4, 0.5) is 5.69 Å². The molecule has 4 nitrogen and oxygen atoms in total. The third-order valence-electron chi connectivity index (χ3n) is 4.60. The van der Waals surface area contributed by atoms with E-state index in [0.717, 1.165) is 18.3 Å². The molecule has 1 N–H and O–H groups in total. The smallest absolute Gasteiger partial charge is 0.269 e. The van der Waals surface area contributed by atoms with Crippen molar-refractivity contribution in [3.05, 3.63) is 39.9 Å². The standard InChI is InChI=1S/C16H24N2O2/c1-12-3-7-14(8-4-12)16(17-2)11-13-5-9-15(10-6-13)18(19)20/h5-6,9-10,12,14,16-17H,3-4,7-8,11H2,1-2H3. The first-order valence-electron chi connectivity index (χ1n) is 7.50. The molecule has 0 amide bonds. The maximum absolute atomic E-state index is 10.7. The van der Waals surface area contributed by atoms with Crippen LogP contribution in [0.3, 0.4) is 0 Å². The SMILES string of the molecule is CNC(Cc1ccc([N+](=O)[O-])cc1)C1CCC(C)CC1. The third-order valence-corrected chi connectivity index (χ3v) is 4.60. The second kappa shape index (κ2) is 6.84. The Morgan fingerprint density at radius 3 is 2.35 bits per heavy atom. The quantitative estimate of drug-likeness (QED) is 0.661. The summed E-state index contributed by atoms with van der Waals surface area (Å²) in [5, 5.41) is 14.1. The maximum atomic E-state index is 10.7. The van der Waals surface area contributed by atoms with Crippen molar-refractivity contribution in [2.24, 2.45) is 11.8 Å². The average molecular weight is 276 g/mol. The van der Waals surface area contributed by atoms with E-state index in [2.05, 4.69) is 12.2 Å². The zero-order valence-corrected chi connectivity index (χ0v) is 12.3. The maximum Gasteiger partial charge on any atom is 0.269 e. The van der Waals surface area contributed by atoms with Gasteiger partial charge in [-0.3, -0.25) is 10.1 Å². The molecule has 1 aromatic rings. The van der Waals surface area contributed by atoms with E-state index in [0.29, 0.717) is 6.04 Å². The number of nitro groups is 1. The van der Waals surface area contributed by atoms with Crippen LogP contribution < -0.4 is 5.32 Å². The van der Waals surface area contributed by atoms with Crippen molar-refractivity contribution in [3.8, 4) is 0 Å². The number of benzene rings is 1. The fraction of sp³-hybridized carbons (Fsp3) is 0.625. The van der Waals surface area contributed by atoms with Gasteiger partial charge in [-0.05, 0) is 43.7 Å². The molecule has 110 valence electrons. The molecule has 1 fully saturated rings. The molecule has 1 atom stereocenters. The molecule has 20 heavy (non-hydrogen) atoms. The minimum atomic E-state index is -0.345. The lowest BCUT2D eigenvalue weighted by Gasteiger charge is -2.32. The number of rotatable bonds is 5. The van der Waals surface area contributed by atoms with E-state index in [1.54, 1.807) is 12.1 Å². The summed E-state index contributed by atoms with van der Waals surface area (Å²) in [4.78, 5) is 10.3. The molecule has 2 rings (SSSR count). The van der Waals surface area contributed by atoms with Crippen LogP contribution in [0.5, 0.6) is 0 Å². The molecule has 0 aromatic heterocycles. The molecule has 1 aliphatic rings. The van der Waals surface area contributed by atoms with Crippen molar-refractivity contribution < 1.29 is 4.92 Å². The van der Waals surface area contributed by atoms with E-state index in [1.165, 1.54) is 31.2 Å². The first-order valence-corrected chi connectivity index (χ1v) is 7.50. The largest absolute Gasteiger partial charge is 0.316 e. The number of hydrogen-bond donors (Lipinski definition) is 1. The molecule has 0 saturated heterocycles. The Labute approximate surface area is 120 Å². The van der Waals surface area contributed by atoms with E-state index in [4.69, 9.17) is 0 Å². The molecule has 0 heterocycles. The predicted octanol–water partition coefficient (Wildman–Crippen LogP) is 3.55. The highest BCUT2D eigenvalue weighted by atomic mass is 16.6. The van der Waals surface area contributed by atoms with Gasteiger partial charge in [-0.25, -0.2) is 0 Å². The van der Waals surface area contributed by atoms with Crippen molar-refractivity contribution in [1.82, 2.24) is 5.32 Å². The fourth-order valence-corrected chi connectivity index (χ4v) is 3.20. The predicted molar refractivity (Wildman–Crippen MR) is 80.8 cm³/mol. The van der Waals surface area contributed by atoms with Crippen LogP contribution in [-0.4, -0.2) is 18.0 Å². The van der Waals surface area contributed by atoms with Crippen molar-refractivity contribution in [3.63, 3.8) is 0 Å². The van der Waals surface area contributed by atoms with Gasteiger partial charge in [0.25, 0.3) is 5.69 Å². The molecule has 0 radical (unpaired) electrons. The highest BCUT2D eigenvalue weighted by Gasteiger charge is 2.25. The lowest BCUT2D eigenvalue weighted by atomic mass is 9.78. The number of hydrogen-bond acceptors (Lipinski definition) is 3. The number of likely N-dealkylation sites (N-methyl/N-ethyl adjacent to an activating group) is 1. The highest BCUT2D eigenvalue weighted by molar-refractivity contribution is 5.33. The fourth-order valence-electron chi connectivity index (χ4n) is 3.20. The zero-order chi connectivity index (χ0) is 14.5. The Morgan fingerprint density at radius 1 is 1.25 bits per heavy atom. The van der Waals surface area contributed by atoms with Crippen molar-refractivity contribution in [2.45, 2.75) is 45.1 Å². The summed E-state index contributed by atoms with van der Waals surface area (Å²) in [5.41, 5.74) is 1.34. The van der Waals surface area contributed by atoms with Crippen LogP contribution in [0.15, 0.2) is 24.3 Å². The Bertz CT molecular complexity index is 436. The van der Waals surface area contributed by atoms with Gasteiger partial charge in [-0.15, -0.1) is 0 Å². The van der Waals surface area contributed by atoms with Gasteiger partial charge in [-0.1, -0.05) is 31.9 Å². The van der Waals surface area contributed by atoms with Crippen LogP contribution >= 0.6 is 0 Å². The highest BCUT2D eigenvalue weighted by Crippen LogP contribution is 2.31. The van der Waals surface area contributed by atoms with E-state index in [9.17, 15) is 10.1 Å². The second-order valence-electron chi connectivity index (χ2n) is 6.04. The van der Waals surface area contributed by atoms with Crippen LogP contribution in [0.25, 0.3) is 0 Å². The molecular formula is C16H24N2O2. The molecule has 1 aromatic carbocycles. The van der Waals surface area contributed by atoms with Gasteiger partial charge in [0.2, 0.25) is 0 Å². The van der Waals surface area contributed by atoms with Gasteiger partial charge in [0, 0.05) is 18.2 Å². The normalized spacial score (nSPS) is 24.3. The Hall–Kier alpha value is -1.42. The van der Waals surface area contributed by atoms with Gasteiger partial charge in [0.1, 0.15) is 0 Å². The van der Waals surface area contributed by atoms with E-state index in [1.807, 2.05) is 19.2 Å². The van der Waals surface area contributed by atoms with Crippen LogP contribution in [0.2, 0.25) is 0 Å². The lowest BCUT2D eigenvalue weighted by Crippen LogP contribution is -2.37. The van der Waals surface area contributed by atoms with Crippen molar-refractivity contribution in [1.29, 1.82) is 0 Å². The molecule has 0 aliphatic heterocycles. The Morgan fingerprint density at radius 2 is 1.85 bits per heavy atom. The number of nitrogens with one attached hydrogen (secondary N) is 1. The number of nitrogens with zero attached hydrogens (tertiary/aromatic N) is 1. The van der Waals surface area contributed by atoms with Gasteiger partial charge < -0.3 is 5.32 Å². The molecule has 1 unspecified atom stereocenters. The van der Waals surface area contributed by atoms with Crippen LogP contribution in [0, 0.1) is 22.0 Å². The van der Waals surface area contributed by atoms with Crippen LogP contribution in [0.1, 0.15) is 38.2 Å². The minimum Gasteiger partial charge on any atom is -0.316 e.